The molecule has 2 N–H and O–H groups in total. The van der Waals surface area contributed by atoms with Crippen molar-refractivity contribution < 1.29 is 8.42 Å². The van der Waals surface area contributed by atoms with Crippen LogP contribution in [0.4, 0.5) is 0 Å². The molecule has 132 valence electrons. The number of nitrogens with zero attached hydrogens (tertiary/aromatic N) is 2. The molecule has 3 rings (SSSR count). The highest BCUT2D eigenvalue weighted by atomic mass is 35.5. The summed E-state index contributed by atoms with van der Waals surface area (Å²) in [6.45, 7) is 4.99. The van der Waals surface area contributed by atoms with Gasteiger partial charge in [0.2, 0.25) is 10.0 Å². The minimum absolute atomic E-state index is 0. The molecule has 7 heteroatoms. The Hall–Kier alpha value is -1.21. The predicted octanol–water partition coefficient (Wildman–Crippen LogP) is 2.71. The summed E-state index contributed by atoms with van der Waals surface area (Å²) in [7, 11) is -3.52. The number of aryl methyl sites for hydroxylation is 1. The number of fused-ring (bicyclic) bond motifs is 1. The van der Waals surface area contributed by atoms with E-state index >= 15 is 0 Å². The summed E-state index contributed by atoms with van der Waals surface area (Å²) < 4.78 is 27.6. The maximum absolute atomic E-state index is 13.0. The number of hydrogen-bond donors (Lipinski definition) is 1. The Morgan fingerprint density at radius 3 is 2.58 bits per heavy atom. The highest BCUT2D eigenvalue weighted by Gasteiger charge is 2.31. The Bertz CT molecular complexity index is 816. The van der Waals surface area contributed by atoms with Crippen LogP contribution in [0.1, 0.15) is 25.3 Å². The van der Waals surface area contributed by atoms with E-state index in [-0.39, 0.29) is 18.4 Å². The summed E-state index contributed by atoms with van der Waals surface area (Å²) in [5.74, 6) is 0.398. The molecule has 2 heterocycles. The van der Waals surface area contributed by atoms with Gasteiger partial charge in [-0.25, -0.2) is 8.42 Å². The lowest BCUT2D eigenvalue weighted by molar-refractivity contribution is 0.251. The summed E-state index contributed by atoms with van der Waals surface area (Å²) in [5.41, 5.74) is 7.51. The summed E-state index contributed by atoms with van der Waals surface area (Å²) in [4.78, 5) is 4.66. The zero-order valence-corrected chi connectivity index (χ0v) is 15.6. The van der Waals surface area contributed by atoms with E-state index in [1.54, 1.807) is 22.6 Å². The Morgan fingerprint density at radius 2 is 1.96 bits per heavy atom. The molecule has 1 aromatic heterocycles. The van der Waals surface area contributed by atoms with Crippen LogP contribution in [0.25, 0.3) is 10.9 Å². The molecular formula is C17H24ClN3O2S. The van der Waals surface area contributed by atoms with Gasteiger partial charge in [-0.2, -0.15) is 4.31 Å². The summed E-state index contributed by atoms with van der Waals surface area (Å²) in [5, 5.41) is 0.858. The van der Waals surface area contributed by atoms with E-state index in [9.17, 15) is 8.42 Å². The molecule has 0 bridgehead atoms. The molecule has 1 aromatic carbocycles. The Balaban J connectivity index is 0.00000208. The maximum Gasteiger partial charge on any atom is 0.245 e. The SMILES string of the molecule is Cc1cnc2c(S(=O)(=O)N3CCC(C(C)N)CC3)cccc2c1.Cl. The normalized spacial score (nSPS) is 18.3. The quantitative estimate of drug-likeness (QED) is 0.902. The van der Waals surface area contributed by atoms with Gasteiger partial charge in [0, 0.05) is 30.7 Å². The molecule has 1 atom stereocenters. The van der Waals surface area contributed by atoms with Crippen LogP contribution in [0.15, 0.2) is 35.4 Å². The number of rotatable bonds is 3. The van der Waals surface area contributed by atoms with Gasteiger partial charge in [-0.1, -0.05) is 12.1 Å². The number of para-hydroxylation sites is 1. The van der Waals surface area contributed by atoms with Crippen molar-refractivity contribution >= 4 is 33.3 Å². The van der Waals surface area contributed by atoms with Gasteiger partial charge in [0.05, 0.1) is 5.52 Å². The first-order chi connectivity index (χ1) is 10.9. The smallest absolute Gasteiger partial charge is 0.245 e. The average Bonchev–Trinajstić information content (AvgIpc) is 2.54. The Morgan fingerprint density at radius 1 is 1.29 bits per heavy atom. The second-order valence-corrected chi connectivity index (χ2v) is 8.35. The van der Waals surface area contributed by atoms with E-state index in [1.165, 1.54) is 0 Å². The van der Waals surface area contributed by atoms with E-state index < -0.39 is 10.0 Å². The largest absolute Gasteiger partial charge is 0.328 e. The van der Waals surface area contributed by atoms with Crippen LogP contribution in [-0.2, 0) is 10.0 Å². The number of benzene rings is 1. The predicted molar refractivity (Wildman–Crippen MR) is 98.9 cm³/mol. The highest BCUT2D eigenvalue weighted by Crippen LogP contribution is 2.28. The van der Waals surface area contributed by atoms with Gasteiger partial charge in [-0.15, -0.1) is 12.4 Å². The fourth-order valence-corrected chi connectivity index (χ4v) is 4.87. The van der Waals surface area contributed by atoms with Gasteiger partial charge in [-0.3, -0.25) is 4.98 Å². The minimum Gasteiger partial charge on any atom is -0.328 e. The number of pyridine rings is 1. The van der Waals surface area contributed by atoms with Gasteiger partial charge in [0.25, 0.3) is 0 Å². The molecule has 0 spiro atoms. The van der Waals surface area contributed by atoms with E-state index in [0.717, 1.165) is 23.8 Å². The van der Waals surface area contributed by atoms with E-state index in [1.807, 2.05) is 26.0 Å². The fourth-order valence-electron chi connectivity index (χ4n) is 3.23. The highest BCUT2D eigenvalue weighted by molar-refractivity contribution is 7.89. The molecule has 2 aromatic rings. The molecule has 1 saturated heterocycles. The van der Waals surface area contributed by atoms with Crippen LogP contribution >= 0.6 is 12.4 Å². The van der Waals surface area contributed by atoms with Crippen molar-refractivity contribution in [2.24, 2.45) is 11.7 Å². The molecule has 1 aliphatic rings. The van der Waals surface area contributed by atoms with Crippen molar-refractivity contribution in [2.45, 2.75) is 37.6 Å². The number of sulfonamides is 1. The van der Waals surface area contributed by atoms with E-state index in [0.29, 0.717) is 29.4 Å². The number of halogens is 1. The third-order valence-electron chi connectivity index (χ3n) is 4.67. The van der Waals surface area contributed by atoms with Crippen LogP contribution in [0.5, 0.6) is 0 Å². The van der Waals surface area contributed by atoms with Crippen molar-refractivity contribution in [3.05, 3.63) is 36.0 Å². The first kappa shape index (κ1) is 19.1. The third kappa shape index (κ3) is 3.57. The molecule has 24 heavy (non-hydrogen) atoms. The van der Waals surface area contributed by atoms with Crippen molar-refractivity contribution in [1.29, 1.82) is 0 Å². The van der Waals surface area contributed by atoms with Crippen LogP contribution in [-0.4, -0.2) is 36.8 Å². The molecule has 0 saturated carbocycles. The maximum atomic E-state index is 13.0. The summed E-state index contributed by atoms with van der Waals surface area (Å²) in [6.07, 6.45) is 3.34. The van der Waals surface area contributed by atoms with Crippen molar-refractivity contribution in [3.63, 3.8) is 0 Å². The number of aromatic nitrogens is 1. The lowest BCUT2D eigenvalue weighted by atomic mass is 9.92. The standard InChI is InChI=1S/C17H23N3O2S.ClH/c1-12-10-15-4-3-5-16(17(15)19-11-12)23(21,22)20-8-6-14(7-9-20)13(2)18;/h3-5,10-11,13-14H,6-9,18H2,1-2H3;1H. The molecule has 5 nitrogen and oxygen atoms in total. The molecule has 0 amide bonds. The zero-order valence-electron chi connectivity index (χ0n) is 14.0. The van der Waals surface area contributed by atoms with Gasteiger partial charge >= 0.3 is 0 Å². The first-order valence-corrected chi connectivity index (χ1v) is 9.44. The van der Waals surface area contributed by atoms with Crippen LogP contribution < -0.4 is 5.73 Å². The van der Waals surface area contributed by atoms with Gasteiger partial charge in [0.15, 0.2) is 0 Å². The number of nitrogens with two attached hydrogens (primary N) is 1. The molecule has 1 fully saturated rings. The molecule has 1 aliphatic heterocycles. The van der Waals surface area contributed by atoms with Crippen LogP contribution in [0.3, 0.4) is 0 Å². The van der Waals surface area contributed by atoms with E-state index in [4.69, 9.17) is 5.73 Å². The summed E-state index contributed by atoms with van der Waals surface area (Å²) in [6, 6.07) is 7.41. The van der Waals surface area contributed by atoms with Gasteiger partial charge in [0.1, 0.15) is 4.90 Å². The molecular weight excluding hydrogens is 346 g/mol. The first-order valence-electron chi connectivity index (χ1n) is 8.00. The Kier molecular flexibility index (Phi) is 5.86. The zero-order chi connectivity index (χ0) is 16.6. The van der Waals surface area contributed by atoms with Gasteiger partial charge in [-0.05, 0) is 50.3 Å². The third-order valence-corrected chi connectivity index (χ3v) is 6.60. The Labute approximate surface area is 149 Å². The van der Waals surface area contributed by atoms with Crippen molar-refractivity contribution in [1.82, 2.24) is 9.29 Å². The molecule has 0 radical (unpaired) electrons. The lowest BCUT2D eigenvalue weighted by Crippen LogP contribution is -2.42. The number of hydrogen-bond acceptors (Lipinski definition) is 4. The second-order valence-electron chi connectivity index (χ2n) is 6.44. The van der Waals surface area contributed by atoms with Crippen LogP contribution in [0, 0.1) is 12.8 Å². The number of piperidine rings is 1. The topological polar surface area (TPSA) is 76.3 Å². The van der Waals surface area contributed by atoms with E-state index in [2.05, 4.69) is 4.98 Å². The molecule has 0 aliphatic carbocycles. The average molecular weight is 370 g/mol. The van der Waals surface area contributed by atoms with Gasteiger partial charge < -0.3 is 5.73 Å². The molecule has 1 unspecified atom stereocenters. The lowest BCUT2D eigenvalue weighted by Gasteiger charge is -2.33. The monoisotopic (exact) mass is 369 g/mol. The van der Waals surface area contributed by atoms with Crippen molar-refractivity contribution in [2.75, 3.05) is 13.1 Å². The second kappa shape index (κ2) is 7.35. The summed E-state index contributed by atoms with van der Waals surface area (Å²) >= 11 is 0. The fraction of sp³-hybridized carbons (Fsp3) is 0.471. The minimum atomic E-state index is -3.52. The van der Waals surface area contributed by atoms with Crippen molar-refractivity contribution in [3.8, 4) is 0 Å². The van der Waals surface area contributed by atoms with Crippen LogP contribution in [0.2, 0.25) is 0 Å².